The molecule has 2 heterocycles. The van der Waals surface area contributed by atoms with E-state index in [0.29, 0.717) is 25.0 Å². The number of para-hydroxylation sites is 1. The summed E-state index contributed by atoms with van der Waals surface area (Å²) in [7, 11) is 0. The standard InChI is InChI=1S/C22H19F6NO2/c23-21(24,25)16-11-15(12-17(13-16)22(26,27)28)19(30)29-9-7-20(8-10-29)6-5-14-3-1-2-4-18(14)31-20/h1-4,11-13H,5-10H2. The summed E-state index contributed by atoms with van der Waals surface area (Å²) >= 11 is 0. The van der Waals surface area contributed by atoms with Crippen LogP contribution in [0, 0.1) is 0 Å². The van der Waals surface area contributed by atoms with Crippen molar-refractivity contribution < 1.29 is 35.9 Å². The lowest BCUT2D eigenvalue weighted by atomic mass is 9.83. The number of fused-ring (bicyclic) bond motifs is 1. The number of piperidine rings is 1. The van der Waals surface area contributed by atoms with Crippen LogP contribution in [0.1, 0.15) is 46.3 Å². The second-order valence-electron chi connectivity index (χ2n) is 7.98. The third-order valence-electron chi connectivity index (χ3n) is 5.95. The molecule has 4 rings (SSSR count). The monoisotopic (exact) mass is 443 g/mol. The number of hydrogen-bond acceptors (Lipinski definition) is 2. The van der Waals surface area contributed by atoms with Crippen LogP contribution < -0.4 is 4.74 Å². The summed E-state index contributed by atoms with van der Waals surface area (Å²) < 4.78 is 84.7. The van der Waals surface area contributed by atoms with Gasteiger partial charge in [-0.05, 0) is 42.7 Å². The van der Waals surface area contributed by atoms with Crippen LogP contribution >= 0.6 is 0 Å². The van der Waals surface area contributed by atoms with Crippen molar-refractivity contribution in [3.05, 3.63) is 64.7 Å². The Morgan fingerprint density at radius 3 is 2.03 bits per heavy atom. The lowest BCUT2D eigenvalue weighted by Crippen LogP contribution is -2.51. The molecule has 2 aromatic carbocycles. The van der Waals surface area contributed by atoms with E-state index in [1.165, 1.54) is 4.90 Å². The van der Waals surface area contributed by atoms with E-state index in [1.54, 1.807) is 0 Å². The normalized spacial score (nSPS) is 18.5. The molecule has 0 radical (unpaired) electrons. The Morgan fingerprint density at radius 2 is 1.45 bits per heavy atom. The first-order chi connectivity index (χ1) is 14.5. The Bertz CT molecular complexity index is 958. The van der Waals surface area contributed by atoms with Crippen LogP contribution in [0.5, 0.6) is 5.75 Å². The van der Waals surface area contributed by atoms with E-state index in [1.807, 2.05) is 24.3 Å². The molecule has 0 aliphatic carbocycles. The van der Waals surface area contributed by atoms with Crippen molar-refractivity contribution in [1.82, 2.24) is 4.90 Å². The Balaban J connectivity index is 1.53. The molecule has 0 atom stereocenters. The van der Waals surface area contributed by atoms with Gasteiger partial charge in [0, 0.05) is 31.5 Å². The average molecular weight is 443 g/mol. The van der Waals surface area contributed by atoms with Crippen molar-refractivity contribution in [2.75, 3.05) is 13.1 Å². The van der Waals surface area contributed by atoms with Crippen LogP contribution in [0.2, 0.25) is 0 Å². The molecule has 2 aromatic rings. The van der Waals surface area contributed by atoms with Crippen molar-refractivity contribution >= 4 is 5.91 Å². The quantitative estimate of drug-likeness (QED) is 0.528. The number of alkyl halides is 6. The first kappa shape index (κ1) is 21.5. The Morgan fingerprint density at radius 1 is 0.871 bits per heavy atom. The lowest BCUT2D eigenvalue weighted by Gasteiger charge is -2.44. The molecule has 2 aliphatic rings. The fourth-order valence-electron chi connectivity index (χ4n) is 4.19. The average Bonchev–Trinajstić information content (AvgIpc) is 2.72. The molecule has 0 unspecified atom stereocenters. The SMILES string of the molecule is O=C(c1cc(C(F)(F)F)cc(C(F)(F)F)c1)N1CCC2(CCc3ccccc3O2)CC1. The number of aryl methyl sites for hydroxylation is 1. The number of nitrogens with zero attached hydrogens (tertiary/aromatic N) is 1. The van der Waals surface area contributed by atoms with Crippen molar-refractivity contribution in [2.24, 2.45) is 0 Å². The molecule has 31 heavy (non-hydrogen) atoms. The van der Waals surface area contributed by atoms with Crippen LogP contribution in [-0.4, -0.2) is 29.5 Å². The van der Waals surface area contributed by atoms with Gasteiger partial charge >= 0.3 is 12.4 Å². The maximum atomic E-state index is 13.1. The van der Waals surface area contributed by atoms with Crippen LogP contribution in [0.15, 0.2) is 42.5 Å². The van der Waals surface area contributed by atoms with Crippen molar-refractivity contribution in [2.45, 2.75) is 43.6 Å². The zero-order valence-corrected chi connectivity index (χ0v) is 16.3. The van der Waals surface area contributed by atoms with E-state index >= 15 is 0 Å². The first-order valence-corrected chi connectivity index (χ1v) is 9.83. The summed E-state index contributed by atoms with van der Waals surface area (Å²) in [6.45, 7) is 0.386. The summed E-state index contributed by atoms with van der Waals surface area (Å²) in [4.78, 5) is 14.1. The van der Waals surface area contributed by atoms with Gasteiger partial charge in [0.05, 0.1) is 11.1 Å². The number of rotatable bonds is 1. The number of hydrogen-bond donors (Lipinski definition) is 0. The third kappa shape index (κ3) is 4.36. The second kappa shape index (κ2) is 7.46. The molecule has 1 spiro atoms. The molecule has 166 valence electrons. The molecule has 9 heteroatoms. The fourth-order valence-corrected chi connectivity index (χ4v) is 4.19. The molecule has 0 N–H and O–H groups in total. The number of ether oxygens (including phenoxy) is 1. The van der Waals surface area contributed by atoms with E-state index < -0.39 is 40.6 Å². The topological polar surface area (TPSA) is 29.5 Å². The molecule has 3 nitrogen and oxygen atoms in total. The van der Waals surface area contributed by atoms with Gasteiger partial charge in [-0.3, -0.25) is 4.79 Å². The van der Waals surface area contributed by atoms with Crippen LogP contribution in [0.25, 0.3) is 0 Å². The fraction of sp³-hybridized carbons (Fsp3) is 0.409. The molecule has 0 bridgehead atoms. The van der Waals surface area contributed by atoms with Crippen molar-refractivity contribution in [3.63, 3.8) is 0 Å². The number of amides is 1. The Kier molecular flexibility index (Phi) is 5.18. The van der Waals surface area contributed by atoms with E-state index in [9.17, 15) is 31.1 Å². The predicted octanol–water partition coefficient (Wildman–Crippen LogP) is 5.72. The molecule has 1 saturated heterocycles. The second-order valence-corrected chi connectivity index (χ2v) is 7.98. The van der Waals surface area contributed by atoms with E-state index in [0.717, 1.165) is 24.2 Å². The van der Waals surface area contributed by atoms with Gasteiger partial charge in [0.15, 0.2) is 0 Å². The van der Waals surface area contributed by atoms with Crippen molar-refractivity contribution in [1.29, 1.82) is 0 Å². The molecule has 1 fully saturated rings. The highest BCUT2D eigenvalue weighted by molar-refractivity contribution is 5.94. The molecule has 2 aliphatic heterocycles. The van der Waals surface area contributed by atoms with Crippen LogP contribution in [-0.2, 0) is 18.8 Å². The molecule has 0 aromatic heterocycles. The van der Waals surface area contributed by atoms with Gasteiger partial charge in [-0.25, -0.2) is 0 Å². The zero-order valence-electron chi connectivity index (χ0n) is 16.3. The van der Waals surface area contributed by atoms with Gasteiger partial charge in [-0.2, -0.15) is 26.3 Å². The molecule has 1 amide bonds. The third-order valence-corrected chi connectivity index (χ3v) is 5.95. The highest BCUT2D eigenvalue weighted by Crippen LogP contribution is 2.40. The summed E-state index contributed by atoms with van der Waals surface area (Å²) in [5.41, 5.74) is -2.99. The largest absolute Gasteiger partial charge is 0.487 e. The summed E-state index contributed by atoms with van der Waals surface area (Å²) in [6, 6.07) is 8.62. The van der Waals surface area contributed by atoms with Gasteiger partial charge in [0.2, 0.25) is 0 Å². The Labute approximate surface area is 174 Å². The van der Waals surface area contributed by atoms with Crippen LogP contribution in [0.3, 0.4) is 0 Å². The van der Waals surface area contributed by atoms with Gasteiger partial charge in [0.1, 0.15) is 11.4 Å². The van der Waals surface area contributed by atoms with Crippen molar-refractivity contribution in [3.8, 4) is 5.75 Å². The number of carbonyl (C=O) groups is 1. The maximum absolute atomic E-state index is 13.1. The Hall–Kier alpha value is -2.71. The van der Waals surface area contributed by atoms with E-state index in [4.69, 9.17) is 4.74 Å². The minimum absolute atomic E-state index is 0.0231. The lowest BCUT2D eigenvalue weighted by molar-refractivity contribution is -0.143. The predicted molar refractivity (Wildman–Crippen MR) is 99.7 cm³/mol. The molecular weight excluding hydrogens is 424 g/mol. The molecule has 0 saturated carbocycles. The number of likely N-dealkylation sites (tertiary alicyclic amines) is 1. The number of halogens is 6. The van der Waals surface area contributed by atoms with E-state index in [-0.39, 0.29) is 19.2 Å². The minimum atomic E-state index is -4.99. The summed E-state index contributed by atoms with van der Waals surface area (Å²) in [5, 5.41) is 0. The van der Waals surface area contributed by atoms with Gasteiger partial charge in [0.25, 0.3) is 5.91 Å². The van der Waals surface area contributed by atoms with Crippen LogP contribution in [0.4, 0.5) is 26.3 Å². The number of benzene rings is 2. The zero-order chi connectivity index (χ0) is 22.4. The first-order valence-electron chi connectivity index (χ1n) is 9.83. The van der Waals surface area contributed by atoms with Gasteiger partial charge < -0.3 is 9.64 Å². The summed E-state index contributed by atoms with van der Waals surface area (Å²) in [5.74, 6) is -0.0658. The van der Waals surface area contributed by atoms with Gasteiger partial charge in [-0.1, -0.05) is 18.2 Å². The highest BCUT2D eigenvalue weighted by atomic mass is 19.4. The number of carbonyl (C=O) groups excluding carboxylic acids is 1. The molecular formula is C22H19F6NO2. The maximum Gasteiger partial charge on any atom is 0.416 e. The summed E-state index contributed by atoms with van der Waals surface area (Å²) in [6.07, 6.45) is -7.52. The van der Waals surface area contributed by atoms with Gasteiger partial charge in [-0.15, -0.1) is 0 Å². The highest BCUT2D eigenvalue weighted by Gasteiger charge is 2.42. The van der Waals surface area contributed by atoms with E-state index in [2.05, 4.69) is 0 Å². The smallest absolute Gasteiger partial charge is 0.416 e. The minimum Gasteiger partial charge on any atom is -0.487 e.